The molecule has 0 aromatic heterocycles. The number of hydrogen-bond donors (Lipinski definition) is 0. The Morgan fingerprint density at radius 2 is 2.06 bits per heavy atom. The molecular weight excluding hydrogens is 234 g/mol. The number of hydrogen-bond acceptors (Lipinski definition) is 5. The molecule has 0 aromatic carbocycles. The largest absolute Gasteiger partial charge is 0.376 e. The Morgan fingerprint density at radius 1 is 1.33 bits per heavy atom. The Morgan fingerprint density at radius 3 is 2.61 bits per heavy atom. The Balaban J connectivity index is 1.82. The lowest BCUT2D eigenvalue weighted by molar-refractivity contribution is -0.159. The number of rotatable bonds is 2. The van der Waals surface area contributed by atoms with Gasteiger partial charge in [0.25, 0.3) is 5.91 Å². The van der Waals surface area contributed by atoms with Crippen molar-refractivity contribution in [2.45, 2.75) is 19.1 Å². The number of nitriles is 1. The van der Waals surface area contributed by atoms with Gasteiger partial charge < -0.3 is 14.4 Å². The first-order chi connectivity index (χ1) is 8.72. The highest BCUT2D eigenvalue weighted by atomic mass is 16.6. The maximum absolute atomic E-state index is 12.1. The molecule has 2 rings (SSSR count). The summed E-state index contributed by atoms with van der Waals surface area (Å²) in [6.07, 6.45) is -0.446. The van der Waals surface area contributed by atoms with Crippen molar-refractivity contribution in [3.63, 3.8) is 0 Å². The van der Waals surface area contributed by atoms with Gasteiger partial charge in [-0.1, -0.05) is 0 Å². The molecular formula is C12H19N3O3. The van der Waals surface area contributed by atoms with E-state index in [0.717, 1.165) is 13.1 Å². The molecule has 0 aliphatic carbocycles. The van der Waals surface area contributed by atoms with Crippen LogP contribution < -0.4 is 0 Å². The summed E-state index contributed by atoms with van der Waals surface area (Å²) in [5, 5.41) is 8.86. The molecule has 100 valence electrons. The maximum Gasteiger partial charge on any atom is 0.254 e. The summed E-state index contributed by atoms with van der Waals surface area (Å²) >= 11 is 0. The van der Waals surface area contributed by atoms with Crippen LogP contribution in [0.4, 0.5) is 0 Å². The van der Waals surface area contributed by atoms with Gasteiger partial charge in [0.05, 0.1) is 31.9 Å². The zero-order valence-electron chi connectivity index (χ0n) is 10.7. The lowest BCUT2D eigenvalue weighted by atomic mass is 10.2. The van der Waals surface area contributed by atoms with E-state index in [9.17, 15) is 4.79 Å². The van der Waals surface area contributed by atoms with Gasteiger partial charge in [-0.15, -0.1) is 0 Å². The zero-order valence-corrected chi connectivity index (χ0v) is 10.7. The summed E-state index contributed by atoms with van der Waals surface area (Å²) in [5.74, 6) is 0.0129. The monoisotopic (exact) mass is 253 g/mol. The molecule has 6 heteroatoms. The molecule has 2 aliphatic rings. The lowest BCUT2D eigenvalue weighted by Gasteiger charge is -2.37. The molecule has 0 spiro atoms. The topological polar surface area (TPSA) is 65.8 Å². The van der Waals surface area contributed by atoms with Crippen LogP contribution in [0.15, 0.2) is 0 Å². The molecule has 0 bridgehead atoms. The molecule has 6 nitrogen and oxygen atoms in total. The van der Waals surface area contributed by atoms with E-state index in [0.29, 0.717) is 32.9 Å². The van der Waals surface area contributed by atoms with Crippen molar-refractivity contribution >= 4 is 5.91 Å². The molecule has 2 saturated heterocycles. The van der Waals surface area contributed by atoms with Gasteiger partial charge >= 0.3 is 0 Å². The second-order valence-corrected chi connectivity index (χ2v) is 4.60. The smallest absolute Gasteiger partial charge is 0.254 e. The highest BCUT2D eigenvalue weighted by Gasteiger charge is 2.30. The molecule has 2 atom stereocenters. The van der Waals surface area contributed by atoms with E-state index in [1.165, 1.54) is 0 Å². The van der Waals surface area contributed by atoms with E-state index in [4.69, 9.17) is 14.7 Å². The van der Waals surface area contributed by atoms with Crippen molar-refractivity contribution < 1.29 is 14.3 Å². The minimum absolute atomic E-state index is 0.0129. The SMILES string of the molecule is CC(C#N)N1CCN(C(=O)C2COCCO2)CC1. The van der Waals surface area contributed by atoms with Crippen molar-refractivity contribution in [1.29, 1.82) is 5.26 Å². The zero-order chi connectivity index (χ0) is 13.0. The van der Waals surface area contributed by atoms with Gasteiger partial charge in [0, 0.05) is 26.2 Å². The Hall–Kier alpha value is -1.16. The first kappa shape index (κ1) is 13.3. The average molecular weight is 253 g/mol. The summed E-state index contributed by atoms with van der Waals surface area (Å²) in [6.45, 7) is 6.10. The van der Waals surface area contributed by atoms with Crippen LogP contribution in [0.1, 0.15) is 6.92 Å². The van der Waals surface area contributed by atoms with Crippen LogP contribution in [0.2, 0.25) is 0 Å². The van der Waals surface area contributed by atoms with Crippen LogP contribution in [0.3, 0.4) is 0 Å². The van der Waals surface area contributed by atoms with Crippen LogP contribution in [0.5, 0.6) is 0 Å². The minimum Gasteiger partial charge on any atom is -0.376 e. The fourth-order valence-corrected chi connectivity index (χ4v) is 2.25. The van der Waals surface area contributed by atoms with Crippen molar-refractivity contribution in [2.24, 2.45) is 0 Å². The van der Waals surface area contributed by atoms with E-state index in [1.54, 1.807) is 4.90 Å². The quantitative estimate of drug-likeness (QED) is 0.661. The number of piperazine rings is 1. The first-order valence-corrected chi connectivity index (χ1v) is 6.34. The predicted molar refractivity (Wildman–Crippen MR) is 63.8 cm³/mol. The van der Waals surface area contributed by atoms with Gasteiger partial charge in [-0.05, 0) is 6.92 Å². The number of nitrogens with zero attached hydrogens (tertiary/aromatic N) is 3. The minimum atomic E-state index is -0.446. The third kappa shape index (κ3) is 2.99. The molecule has 0 N–H and O–H groups in total. The summed E-state index contributed by atoms with van der Waals surface area (Å²) in [5.41, 5.74) is 0. The predicted octanol–water partition coefficient (Wildman–Crippen LogP) is -0.542. The Kier molecular flexibility index (Phi) is 4.53. The molecule has 1 amide bonds. The fourth-order valence-electron chi connectivity index (χ4n) is 2.25. The molecule has 2 heterocycles. The molecule has 0 aromatic rings. The van der Waals surface area contributed by atoms with E-state index >= 15 is 0 Å². The fraction of sp³-hybridized carbons (Fsp3) is 0.833. The van der Waals surface area contributed by atoms with Gasteiger partial charge in [0.1, 0.15) is 0 Å². The van der Waals surface area contributed by atoms with Gasteiger partial charge in [0.15, 0.2) is 6.10 Å². The maximum atomic E-state index is 12.1. The number of carbonyl (C=O) groups is 1. The number of carbonyl (C=O) groups excluding carboxylic acids is 1. The Bertz CT molecular complexity index is 328. The van der Waals surface area contributed by atoms with Crippen LogP contribution in [0.25, 0.3) is 0 Å². The molecule has 2 aliphatic heterocycles. The number of amides is 1. The van der Waals surface area contributed by atoms with E-state index in [2.05, 4.69) is 11.0 Å². The van der Waals surface area contributed by atoms with Crippen LogP contribution in [-0.4, -0.2) is 73.9 Å². The van der Waals surface area contributed by atoms with Crippen LogP contribution in [-0.2, 0) is 14.3 Å². The van der Waals surface area contributed by atoms with E-state index in [1.807, 2.05) is 6.92 Å². The normalized spacial score (nSPS) is 27.6. The molecule has 0 saturated carbocycles. The van der Waals surface area contributed by atoms with Gasteiger partial charge in [-0.2, -0.15) is 5.26 Å². The standard InChI is InChI=1S/C12H19N3O3/c1-10(8-13)14-2-4-15(5-3-14)12(16)11-9-17-6-7-18-11/h10-11H,2-7,9H2,1H3. The van der Waals surface area contributed by atoms with Crippen LogP contribution >= 0.6 is 0 Å². The average Bonchev–Trinajstić information content (AvgIpc) is 2.47. The molecule has 2 unspecified atom stereocenters. The van der Waals surface area contributed by atoms with Crippen LogP contribution in [0, 0.1) is 11.3 Å². The van der Waals surface area contributed by atoms with E-state index in [-0.39, 0.29) is 11.9 Å². The summed E-state index contributed by atoms with van der Waals surface area (Å²) < 4.78 is 10.7. The van der Waals surface area contributed by atoms with Crippen molar-refractivity contribution in [2.75, 3.05) is 46.0 Å². The molecule has 2 fully saturated rings. The number of ether oxygens (including phenoxy) is 2. The second kappa shape index (κ2) is 6.14. The first-order valence-electron chi connectivity index (χ1n) is 6.34. The van der Waals surface area contributed by atoms with Crippen molar-refractivity contribution in [3.05, 3.63) is 0 Å². The summed E-state index contributed by atoms with van der Waals surface area (Å²) in [6, 6.07) is 2.13. The van der Waals surface area contributed by atoms with Gasteiger partial charge in [-0.25, -0.2) is 0 Å². The van der Waals surface area contributed by atoms with Crippen molar-refractivity contribution in [1.82, 2.24) is 9.80 Å². The third-order valence-corrected chi connectivity index (χ3v) is 3.45. The Labute approximate surface area is 107 Å². The second-order valence-electron chi connectivity index (χ2n) is 4.60. The van der Waals surface area contributed by atoms with Crippen molar-refractivity contribution in [3.8, 4) is 6.07 Å². The lowest BCUT2D eigenvalue weighted by Crippen LogP contribution is -2.54. The highest BCUT2D eigenvalue weighted by molar-refractivity contribution is 5.81. The van der Waals surface area contributed by atoms with Gasteiger partial charge in [-0.3, -0.25) is 9.69 Å². The molecule has 18 heavy (non-hydrogen) atoms. The summed E-state index contributed by atoms with van der Waals surface area (Å²) in [7, 11) is 0. The third-order valence-electron chi connectivity index (χ3n) is 3.45. The molecule has 0 radical (unpaired) electrons. The van der Waals surface area contributed by atoms with Gasteiger partial charge in [0.2, 0.25) is 0 Å². The van der Waals surface area contributed by atoms with E-state index < -0.39 is 6.10 Å². The highest BCUT2D eigenvalue weighted by Crippen LogP contribution is 2.10. The summed E-state index contributed by atoms with van der Waals surface area (Å²) in [4.78, 5) is 16.0.